The zero-order valence-corrected chi connectivity index (χ0v) is 11.3. The minimum atomic E-state index is -0.705. The second-order valence-corrected chi connectivity index (χ2v) is 6.85. The molecule has 1 saturated heterocycles. The van der Waals surface area contributed by atoms with E-state index in [9.17, 15) is 9.32 Å². The van der Waals surface area contributed by atoms with E-state index in [1.54, 1.807) is 0 Å². The fourth-order valence-electron chi connectivity index (χ4n) is 1.80. The zero-order valence-electron chi connectivity index (χ0n) is 10.5. The molecule has 5 heteroatoms. The van der Waals surface area contributed by atoms with Gasteiger partial charge in [-0.1, -0.05) is 13.8 Å². The summed E-state index contributed by atoms with van der Waals surface area (Å²) < 4.78 is 11.2. The van der Waals surface area contributed by atoms with E-state index in [4.69, 9.17) is 0 Å². The standard InChI is InChI=1S/C11H24N2O2S/c1-10(2)12-8-11(3,14)9-13-4-6-16(15)7-5-13/h10,12,14H,4-9H2,1-3H3. The second kappa shape index (κ2) is 6.10. The lowest BCUT2D eigenvalue weighted by Gasteiger charge is -2.34. The van der Waals surface area contributed by atoms with Crippen molar-refractivity contribution in [2.75, 3.05) is 37.7 Å². The van der Waals surface area contributed by atoms with E-state index in [2.05, 4.69) is 24.1 Å². The van der Waals surface area contributed by atoms with Gasteiger partial charge >= 0.3 is 0 Å². The first-order valence-corrected chi connectivity index (χ1v) is 7.41. The van der Waals surface area contributed by atoms with Crippen LogP contribution in [0, 0.1) is 0 Å². The van der Waals surface area contributed by atoms with Gasteiger partial charge < -0.3 is 10.4 Å². The Hall–Kier alpha value is 0.0300. The molecule has 2 N–H and O–H groups in total. The van der Waals surface area contributed by atoms with Crippen LogP contribution in [0.15, 0.2) is 0 Å². The lowest BCUT2D eigenvalue weighted by Crippen LogP contribution is -2.51. The van der Waals surface area contributed by atoms with Crippen LogP contribution < -0.4 is 5.32 Å². The number of rotatable bonds is 5. The molecule has 1 heterocycles. The van der Waals surface area contributed by atoms with Gasteiger partial charge in [-0.15, -0.1) is 0 Å². The average Bonchev–Trinajstić information content (AvgIpc) is 2.19. The third kappa shape index (κ3) is 5.39. The Morgan fingerprint density at radius 3 is 2.50 bits per heavy atom. The van der Waals surface area contributed by atoms with E-state index in [1.807, 2.05) is 6.92 Å². The van der Waals surface area contributed by atoms with Crippen LogP contribution in [0.1, 0.15) is 20.8 Å². The molecule has 0 amide bonds. The molecule has 1 atom stereocenters. The van der Waals surface area contributed by atoms with Gasteiger partial charge in [-0.05, 0) is 6.92 Å². The highest BCUT2D eigenvalue weighted by Gasteiger charge is 2.26. The van der Waals surface area contributed by atoms with Crippen LogP contribution in [0.25, 0.3) is 0 Å². The molecule has 0 spiro atoms. The molecule has 0 aromatic rings. The molecular weight excluding hydrogens is 224 g/mol. The number of aliphatic hydroxyl groups is 1. The van der Waals surface area contributed by atoms with Crippen LogP contribution in [0.5, 0.6) is 0 Å². The number of nitrogens with zero attached hydrogens (tertiary/aromatic N) is 1. The summed E-state index contributed by atoms with van der Waals surface area (Å²) in [6.45, 7) is 8.93. The Kier molecular flexibility index (Phi) is 5.37. The predicted molar refractivity (Wildman–Crippen MR) is 68.1 cm³/mol. The molecular formula is C11H24N2O2S. The Labute approximate surface area is 101 Å². The number of β-amino-alcohol motifs (C(OH)–C–C–N with tert-alkyl or cyclic N) is 1. The maximum atomic E-state index is 11.2. The van der Waals surface area contributed by atoms with Crippen molar-refractivity contribution in [3.63, 3.8) is 0 Å². The lowest BCUT2D eigenvalue weighted by molar-refractivity contribution is 0.0212. The molecule has 4 nitrogen and oxygen atoms in total. The summed E-state index contributed by atoms with van der Waals surface area (Å²) in [5.74, 6) is 1.49. The van der Waals surface area contributed by atoms with E-state index in [0.29, 0.717) is 19.1 Å². The highest BCUT2D eigenvalue weighted by molar-refractivity contribution is 7.85. The maximum absolute atomic E-state index is 11.2. The van der Waals surface area contributed by atoms with Crippen LogP contribution >= 0.6 is 0 Å². The van der Waals surface area contributed by atoms with Crippen molar-refractivity contribution in [1.82, 2.24) is 10.2 Å². The Bertz CT molecular complexity index is 234. The van der Waals surface area contributed by atoms with Gasteiger partial charge in [0.2, 0.25) is 0 Å². The molecule has 0 aliphatic carbocycles. The first kappa shape index (κ1) is 14.1. The van der Waals surface area contributed by atoms with Gasteiger partial charge in [-0.25, -0.2) is 0 Å². The molecule has 1 rings (SSSR count). The highest BCUT2D eigenvalue weighted by atomic mass is 32.2. The van der Waals surface area contributed by atoms with E-state index in [-0.39, 0.29) is 0 Å². The van der Waals surface area contributed by atoms with Gasteiger partial charge in [0.05, 0.1) is 5.60 Å². The molecule has 16 heavy (non-hydrogen) atoms. The smallest absolute Gasteiger partial charge is 0.0869 e. The van der Waals surface area contributed by atoms with Gasteiger partial charge in [0.15, 0.2) is 0 Å². The summed E-state index contributed by atoms with van der Waals surface area (Å²) in [5.41, 5.74) is -0.705. The third-order valence-electron chi connectivity index (χ3n) is 2.73. The van der Waals surface area contributed by atoms with E-state index in [1.165, 1.54) is 0 Å². The topological polar surface area (TPSA) is 52.6 Å². The van der Waals surface area contributed by atoms with Gasteiger partial charge in [-0.2, -0.15) is 0 Å². The van der Waals surface area contributed by atoms with E-state index < -0.39 is 16.4 Å². The summed E-state index contributed by atoms with van der Waals surface area (Å²) >= 11 is 0. The van der Waals surface area contributed by atoms with Crippen LogP contribution in [-0.2, 0) is 10.8 Å². The molecule has 1 aliphatic heterocycles. The minimum absolute atomic E-state index is 0.389. The number of hydrogen-bond donors (Lipinski definition) is 2. The predicted octanol–water partition coefficient (Wildman–Crippen LogP) is -0.200. The van der Waals surface area contributed by atoms with Gasteiger partial charge in [-0.3, -0.25) is 9.11 Å². The van der Waals surface area contributed by atoms with Crippen LogP contribution in [-0.4, -0.2) is 63.5 Å². The molecule has 0 saturated carbocycles. The van der Waals surface area contributed by atoms with Crippen molar-refractivity contribution in [2.45, 2.75) is 32.4 Å². The summed E-state index contributed by atoms with van der Waals surface area (Å²) in [6, 6.07) is 0.389. The largest absolute Gasteiger partial charge is 0.388 e. The molecule has 0 aromatic heterocycles. The van der Waals surface area contributed by atoms with Crippen molar-refractivity contribution in [2.24, 2.45) is 0 Å². The maximum Gasteiger partial charge on any atom is 0.0869 e. The Morgan fingerprint density at radius 1 is 1.44 bits per heavy atom. The molecule has 1 aliphatic rings. The minimum Gasteiger partial charge on any atom is -0.388 e. The van der Waals surface area contributed by atoms with Crippen molar-refractivity contribution in [3.05, 3.63) is 0 Å². The molecule has 0 bridgehead atoms. The normalized spacial score (nSPS) is 23.6. The number of hydrogen-bond acceptors (Lipinski definition) is 4. The van der Waals surface area contributed by atoms with Crippen LogP contribution in [0.3, 0.4) is 0 Å². The quantitative estimate of drug-likeness (QED) is 0.707. The Morgan fingerprint density at radius 2 is 2.00 bits per heavy atom. The molecule has 0 aromatic carbocycles. The summed E-state index contributed by atoms with van der Waals surface area (Å²) in [7, 11) is -0.639. The average molecular weight is 248 g/mol. The van der Waals surface area contributed by atoms with Crippen LogP contribution in [0.2, 0.25) is 0 Å². The van der Waals surface area contributed by atoms with E-state index in [0.717, 1.165) is 24.6 Å². The summed E-state index contributed by atoms with van der Waals surface area (Å²) in [5, 5.41) is 13.4. The highest BCUT2D eigenvalue weighted by Crippen LogP contribution is 2.08. The molecule has 1 fully saturated rings. The fraction of sp³-hybridized carbons (Fsp3) is 1.00. The van der Waals surface area contributed by atoms with Crippen molar-refractivity contribution < 1.29 is 9.32 Å². The molecule has 96 valence electrons. The lowest BCUT2D eigenvalue weighted by atomic mass is 10.1. The first-order chi connectivity index (χ1) is 7.39. The summed E-state index contributed by atoms with van der Waals surface area (Å²) in [4.78, 5) is 2.20. The third-order valence-corrected chi connectivity index (χ3v) is 4.00. The Balaban J connectivity index is 2.31. The first-order valence-electron chi connectivity index (χ1n) is 5.92. The number of nitrogens with one attached hydrogen (secondary N) is 1. The molecule has 0 radical (unpaired) electrons. The summed E-state index contributed by atoms with van der Waals surface area (Å²) in [6.07, 6.45) is 0. The van der Waals surface area contributed by atoms with Crippen LogP contribution in [0.4, 0.5) is 0 Å². The van der Waals surface area contributed by atoms with Gasteiger partial charge in [0, 0.05) is 54.5 Å². The van der Waals surface area contributed by atoms with Gasteiger partial charge in [0.1, 0.15) is 0 Å². The monoisotopic (exact) mass is 248 g/mol. The van der Waals surface area contributed by atoms with Crippen molar-refractivity contribution >= 4 is 10.8 Å². The van der Waals surface area contributed by atoms with E-state index >= 15 is 0 Å². The second-order valence-electron chi connectivity index (χ2n) is 5.16. The molecule has 1 unspecified atom stereocenters. The van der Waals surface area contributed by atoms with Crippen molar-refractivity contribution in [1.29, 1.82) is 0 Å². The SMILES string of the molecule is CC(C)NCC(C)(O)CN1CCS(=O)CC1. The van der Waals surface area contributed by atoms with Gasteiger partial charge in [0.25, 0.3) is 0 Å². The zero-order chi connectivity index (χ0) is 12.2. The fourth-order valence-corrected chi connectivity index (χ4v) is 2.92. The van der Waals surface area contributed by atoms with Crippen molar-refractivity contribution in [3.8, 4) is 0 Å².